The summed E-state index contributed by atoms with van der Waals surface area (Å²) < 4.78 is 19.3. The van der Waals surface area contributed by atoms with Crippen LogP contribution in [0.3, 0.4) is 0 Å². The van der Waals surface area contributed by atoms with E-state index in [2.05, 4.69) is 4.98 Å². The summed E-state index contributed by atoms with van der Waals surface area (Å²) >= 11 is 0. The van der Waals surface area contributed by atoms with Gasteiger partial charge in [-0.25, -0.2) is 9.37 Å². The van der Waals surface area contributed by atoms with Gasteiger partial charge in [0.2, 0.25) is 5.88 Å². The minimum Gasteiger partial charge on any atom is -0.477 e. The molecule has 0 N–H and O–H groups in total. The number of hydrogen-bond acceptors (Lipinski definition) is 4. The minimum atomic E-state index is -0.233. The van der Waals surface area contributed by atoms with E-state index in [0.717, 1.165) is 0 Å². The van der Waals surface area contributed by atoms with Crippen LogP contribution in [-0.2, 0) is 0 Å². The van der Waals surface area contributed by atoms with Crippen molar-refractivity contribution in [3.05, 3.63) is 54.0 Å². The number of carbonyl (C=O) groups is 1. The Labute approximate surface area is 140 Å². The first-order valence-electron chi connectivity index (χ1n) is 8.07. The van der Waals surface area contributed by atoms with E-state index in [0.29, 0.717) is 49.9 Å². The highest BCUT2D eigenvalue weighted by Crippen LogP contribution is 2.22. The maximum atomic E-state index is 13.9. The highest BCUT2D eigenvalue weighted by Gasteiger charge is 2.25. The van der Waals surface area contributed by atoms with Crippen molar-refractivity contribution in [2.24, 2.45) is 0 Å². The molecule has 1 amide bonds. The first kappa shape index (κ1) is 16.2. The summed E-state index contributed by atoms with van der Waals surface area (Å²) in [6.07, 6.45) is 1.61. The Morgan fingerprint density at radius 2 is 1.92 bits per heavy atom. The van der Waals surface area contributed by atoms with Crippen molar-refractivity contribution < 1.29 is 13.9 Å². The van der Waals surface area contributed by atoms with Gasteiger partial charge in [0.05, 0.1) is 12.3 Å². The summed E-state index contributed by atoms with van der Waals surface area (Å²) in [5.41, 5.74) is 1.06. The molecule has 1 aliphatic rings. The van der Waals surface area contributed by atoms with Crippen LogP contribution in [0.15, 0.2) is 42.6 Å². The van der Waals surface area contributed by atoms with Crippen molar-refractivity contribution in [2.75, 3.05) is 37.7 Å². The smallest absolute Gasteiger partial charge is 0.259 e. The lowest BCUT2D eigenvalue weighted by Crippen LogP contribution is -2.49. The molecule has 0 bridgehead atoms. The number of piperazine rings is 1. The highest BCUT2D eigenvalue weighted by atomic mass is 19.1. The number of rotatable bonds is 4. The Morgan fingerprint density at radius 1 is 1.17 bits per heavy atom. The third kappa shape index (κ3) is 3.32. The second-order valence-corrected chi connectivity index (χ2v) is 5.52. The van der Waals surface area contributed by atoms with Gasteiger partial charge in [-0.15, -0.1) is 0 Å². The predicted molar refractivity (Wildman–Crippen MR) is 89.9 cm³/mol. The maximum Gasteiger partial charge on any atom is 0.259 e. The van der Waals surface area contributed by atoms with Crippen LogP contribution in [0.1, 0.15) is 17.3 Å². The zero-order chi connectivity index (χ0) is 16.9. The summed E-state index contributed by atoms with van der Waals surface area (Å²) in [5.74, 6) is 0.0319. The third-order valence-corrected chi connectivity index (χ3v) is 4.04. The largest absolute Gasteiger partial charge is 0.477 e. The molecule has 1 fully saturated rings. The quantitative estimate of drug-likeness (QED) is 0.865. The summed E-state index contributed by atoms with van der Waals surface area (Å²) in [7, 11) is 0. The fourth-order valence-corrected chi connectivity index (χ4v) is 2.83. The zero-order valence-electron chi connectivity index (χ0n) is 13.6. The van der Waals surface area contributed by atoms with Gasteiger partial charge in [0.25, 0.3) is 5.91 Å². The average Bonchev–Trinajstić information content (AvgIpc) is 2.63. The van der Waals surface area contributed by atoms with Crippen molar-refractivity contribution in [3.8, 4) is 5.88 Å². The molecule has 2 heterocycles. The number of nitrogens with zero attached hydrogens (tertiary/aromatic N) is 3. The third-order valence-electron chi connectivity index (χ3n) is 4.04. The van der Waals surface area contributed by atoms with E-state index in [-0.39, 0.29) is 11.7 Å². The van der Waals surface area contributed by atoms with Gasteiger partial charge >= 0.3 is 0 Å². The van der Waals surface area contributed by atoms with Crippen LogP contribution < -0.4 is 9.64 Å². The Hall–Kier alpha value is -2.63. The first-order valence-corrected chi connectivity index (χ1v) is 8.07. The van der Waals surface area contributed by atoms with Gasteiger partial charge in [0.15, 0.2) is 0 Å². The van der Waals surface area contributed by atoms with E-state index in [1.54, 1.807) is 35.4 Å². The van der Waals surface area contributed by atoms with Crippen LogP contribution in [0.2, 0.25) is 0 Å². The van der Waals surface area contributed by atoms with Crippen molar-refractivity contribution in [1.29, 1.82) is 0 Å². The molecule has 0 atom stereocenters. The van der Waals surface area contributed by atoms with E-state index in [9.17, 15) is 9.18 Å². The Bertz CT molecular complexity index is 715. The van der Waals surface area contributed by atoms with Gasteiger partial charge in [0, 0.05) is 32.4 Å². The number of halogens is 1. The minimum absolute atomic E-state index is 0.0975. The molecule has 1 aliphatic heterocycles. The van der Waals surface area contributed by atoms with Gasteiger partial charge < -0.3 is 14.5 Å². The molecule has 1 aromatic carbocycles. The van der Waals surface area contributed by atoms with E-state index in [1.165, 1.54) is 6.07 Å². The Kier molecular flexibility index (Phi) is 4.93. The van der Waals surface area contributed by atoms with Crippen LogP contribution in [0.4, 0.5) is 10.1 Å². The predicted octanol–water partition coefficient (Wildman–Crippen LogP) is 2.58. The molecule has 6 heteroatoms. The van der Waals surface area contributed by atoms with Crippen molar-refractivity contribution in [2.45, 2.75) is 6.92 Å². The molecule has 0 radical (unpaired) electrons. The van der Waals surface area contributed by atoms with Gasteiger partial charge in [-0.1, -0.05) is 12.1 Å². The average molecular weight is 329 g/mol. The monoisotopic (exact) mass is 329 g/mol. The Balaban J connectivity index is 1.69. The number of pyridine rings is 1. The van der Waals surface area contributed by atoms with E-state index in [4.69, 9.17) is 4.74 Å². The molecule has 3 rings (SSSR count). The standard InChI is InChI=1S/C18H20FN3O2/c1-2-24-17-14(6-5-9-20-17)18(23)22-12-10-21(11-13-22)16-8-4-3-7-15(16)19/h3-9H,2,10-13H2,1H3. The second kappa shape index (κ2) is 7.29. The fraction of sp³-hybridized carbons (Fsp3) is 0.333. The van der Waals surface area contributed by atoms with Crippen LogP contribution in [0, 0.1) is 5.82 Å². The summed E-state index contributed by atoms with van der Waals surface area (Å²) in [5, 5.41) is 0. The van der Waals surface area contributed by atoms with Crippen LogP contribution >= 0.6 is 0 Å². The molecular formula is C18H20FN3O2. The summed E-state index contributed by atoms with van der Waals surface area (Å²) in [4.78, 5) is 20.6. The highest BCUT2D eigenvalue weighted by molar-refractivity contribution is 5.96. The van der Waals surface area contributed by atoms with Gasteiger partial charge in [-0.05, 0) is 31.2 Å². The number of anilines is 1. The van der Waals surface area contributed by atoms with E-state index in [1.807, 2.05) is 17.9 Å². The molecule has 0 unspecified atom stereocenters. The van der Waals surface area contributed by atoms with Crippen molar-refractivity contribution in [1.82, 2.24) is 9.88 Å². The first-order chi connectivity index (χ1) is 11.7. The summed E-state index contributed by atoms with van der Waals surface area (Å²) in [6.45, 7) is 4.57. The van der Waals surface area contributed by atoms with Gasteiger partial charge in [-0.3, -0.25) is 4.79 Å². The molecule has 1 aromatic heterocycles. The number of carbonyl (C=O) groups excluding carboxylic acids is 1. The Morgan fingerprint density at radius 3 is 2.62 bits per heavy atom. The number of benzene rings is 1. The van der Waals surface area contributed by atoms with Gasteiger partial charge in [0.1, 0.15) is 11.4 Å². The van der Waals surface area contributed by atoms with Crippen molar-refractivity contribution in [3.63, 3.8) is 0 Å². The lowest BCUT2D eigenvalue weighted by atomic mass is 10.2. The number of para-hydroxylation sites is 1. The number of amides is 1. The zero-order valence-corrected chi connectivity index (χ0v) is 13.6. The second-order valence-electron chi connectivity index (χ2n) is 5.52. The van der Waals surface area contributed by atoms with E-state index < -0.39 is 0 Å². The topological polar surface area (TPSA) is 45.7 Å². The molecule has 0 saturated carbocycles. The molecule has 5 nitrogen and oxygen atoms in total. The molecule has 2 aromatic rings. The molecule has 0 spiro atoms. The van der Waals surface area contributed by atoms with Gasteiger partial charge in [-0.2, -0.15) is 0 Å². The maximum absolute atomic E-state index is 13.9. The molecule has 24 heavy (non-hydrogen) atoms. The molecule has 1 saturated heterocycles. The van der Waals surface area contributed by atoms with Crippen LogP contribution in [0.25, 0.3) is 0 Å². The fourth-order valence-electron chi connectivity index (χ4n) is 2.83. The molecular weight excluding hydrogens is 309 g/mol. The molecule has 0 aliphatic carbocycles. The van der Waals surface area contributed by atoms with Crippen molar-refractivity contribution >= 4 is 11.6 Å². The summed E-state index contributed by atoms with van der Waals surface area (Å²) in [6, 6.07) is 10.2. The van der Waals surface area contributed by atoms with Crippen LogP contribution in [0.5, 0.6) is 5.88 Å². The number of aromatic nitrogens is 1. The normalized spacial score (nSPS) is 14.6. The lowest BCUT2D eigenvalue weighted by molar-refractivity contribution is 0.0741. The van der Waals surface area contributed by atoms with E-state index >= 15 is 0 Å². The lowest BCUT2D eigenvalue weighted by Gasteiger charge is -2.36. The molecule has 126 valence electrons. The SMILES string of the molecule is CCOc1ncccc1C(=O)N1CCN(c2ccccc2F)CC1. The number of hydrogen-bond donors (Lipinski definition) is 0. The van der Waals surface area contributed by atoms with Crippen LogP contribution in [-0.4, -0.2) is 48.6 Å². The number of ether oxygens (including phenoxy) is 1.